The van der Waals surface area contributed by atoms with E-state index in [4.69, 9.17) is 12.2 Å². The van der Waals surface area contributed by atoms with Crippen molar-refractivity contribution in [2.24, 2.45) is 0 Å². The molecule has 3 aromatic carbocycles. The molecular formula is C25H17N5O4S2. The van der Waals surface area contributed by atoms with Crippen LogP contribution in [0.3, 0.4) is 0 Å². The molecule has 1 aromatic heterocycles. The Hall–Kier alpha value is -4.48. The molecule has 11 heteroatoms. The lowest BCUT2D eigenvalue weighted by atomic mass is 9.83. The molecule has 0 radical (unpaired) electrons. The van der Waals surface area contributed by atoms with E-state index >= 15 is 0 Å². The summed E-state index contributed by atoms with van der Waals surface area (Å²) in [6.45, 7) is 0. The van der Waals surface area contributed by atoms with Crippen LogP contribution in [0.25, 0.3) is 0 Å². The predicted molar refractivity (Wildman–Crippen MR) is 139 cm³/mol. The van der Waals surface area contributed by atoms with Gasteiger partial charge in [-0.05, 0) is 48.6 Å². The van der Waals surface area contributed by atoms with Gasteiger partial charge in [0, 0.05) is 34.8 Å². The van der Waals surface area contributed by atoms with Crippen molar-refractivity contribution in [3.05, 3.63) is 107 Å². The highest BCUT2D eigenvalue weighted by molar-refractivity contribution is 7.92. The first kappa shape index (κ1) is 23.3. The number of hydrogen-bond acceptors (Lipinski definition) is 7. The summed E-state index contributed by atoms with van der Waals surface area (Å²) in [5.41, 5.74) is 2.17. The van der Waals surface area contributed by atoms with Gasteiger partial charge in [-0.15, -0.1) is 0 Å². The van der Waals surface area contributed by atoms with Crippen LogP contribution in [0.2, 0.25) is 0 Å². The molecule has 1 heterocycles. The number of ketones is 2. The zero-order chi connectivity index (χ0) is 25.3. The number of thiocarbonyl (C=S) groups is 1. The molecular weight excluding hydrogens is 498 g/mol. The zero-order valence-electron chi connectivity index (χ0n) is 18.4. The number of hydrogen-bond donors (Lipinski definition) is 3. The number of sulfonamides is 1. The molecule has 3 N–H and O–H groups in total. The van der Waals surface area contributed by atoms with E-state index in [1.165, 1.54) is 24.5 Å². The maximum absolute atomic E-state index is 13.1. The molecule has 36 heavy (non-hydrogen) atoms. The Bertz CT molecular complexity index is 1620. The number of fused-ring (bicyclic) bond motifs is 2. The van der Waals surface area contributed by atoms with Crippen LogP contribution < -0.4 is 15.4 Å². The topological polar surface area (TPSA) is 130 Å². The Labute approximate surface area is 211 Å². The van der Waals surface area contributed by atoms with Gasteiger partial charge in [-0.1, -0.05) is 36.4 Å². The Morgan fingerprint density at radius 3 is 2.06 bits per heavy atom. The van der Waals surface area contributed by atoms with E-state index in [0.717, 1.165) is 0 Å². The minimum atomic E-state index is -3.87. The maximum atomic E-state index is 13.1. The monoisotopic (exact) mass is 515 g/mol. The lowest BCUT2D eigenvalue weighted by molar-refractivity contribution is 0.0979. The number of carbonyl (C=O) groups is 2. The molecule has 5 rings (SSSR count). The van der Waals surface area contributed by atoms with E-state index in [1.807, 2.05) is 0 Å². The van der Waals surface area contributed by atoms with Gasteiger partial charge in [0.05, 0.1) is 16.1 Å². The average molecular weight is 516 g/mol. The smallest absolute Gasteiger partial charge is 0.264 e. The molecule has 0 spiro atoms. The van der Waals surface area contributed by atoms with E-state index in [9.17, 15) is 18.0 Å². The highest BCUT2D eigenvalue weighted by atomic mass is 32.2. The van der Waals surface area contributed by atoms with Crippen LogP contribution in [0.1, 0.15) is 31.8 Å². The average Bonchev–Trinajstić information content (AvgIpc) is 2.88. The van der Waals surface area contributed by atoms with Crippen molar-refractivity contribution >= 4 is 56.2 Å². The summed E-state index contributed by atoms with van der Waals surface area (Å²) >= 11 is 5.40. The van der Waals surface area contributed by atoms with Crippen LogP contribution in [-0.4, -0.2) is 35.1 Å². The largest absolute Gasteiger partial charge is 0.332 e. The highest BCUT2D eigenvalue weighted by Crippen LogP contribution is 2.32. The number of anilines is 3. The number of rotatable bonds is 5. The molecule has 0 aliphatic heterocycles. The lowest BCUT2D eigenvalue weighted by Crippen LogP contribution is -2.25. The second-order valence-electron chi connectivity index (χ2n) is 7.71. The van der Waals surface area contributed by atoms with Gasteiger partial charge in [-0.3, -0.25) is 9.59 Å². The van der Waals surface area contributed by atoms with Crippen LogP contribution in [0, 0.1) is 0 Å². The molecule has 0 atom stereocenters. The molecule has 9 nitrogen and oxygen atoms in total. The van der Waals surface area contributed by atoms with Gasteiger partial charge in [0.25, 0.3) is 10.0 Å². The van der Waals surface area contributed by atoms with E-state index < -0.39 is 10.0 Å². The number of carbonyl (C=O) groups excluding carboxylic acids is 2. The molecule has 1 aliphatic rings. The molecule has 0 bridgehead atoms. The SMILES string of the molecule is O=C1c2ccccc2C(=O)c2c(NC(=S)Nc3ccc(S(=O)(=O)Nc4ncccn4)cc3)cccc21. The third-order valence-corrected chi connectivity index (χ3v) is 6.96. The fourth-order valence-electron chi connectivity index (χ4n) is 3.78. The Balaban J connectivity index is 1.32. The van der Waals surface area contributed by atoms with E-state index in [1.54, 1.807) is 60.7 Å². The first-order valence-electron chi connectivity index (χ1n) is 10.6. The quantitative estimate of drug-likeness (QED) is 0.299. The summed E-state index contributed by atoms with van der Waals surface area (Å²) in [6.07, 6.45) is 2.86. The molecule has 178 valence electrons. The molecule has 0 amide bonds. The molecule has 0 saturated carbocycles. The predicted octanol–water partition coefficient (Wildman–Crippen LogP) is 3.86. The number of nitrogens with one attached hydrogen (secondary N) is 3. The lowest BCUT2D eigenvalue weighted by Gasteiger charge is -2.21. The standard InChI is InChI=1S/C25H17N5O4S2/c31-22-17-5-1-2-6-18(17)23(32)21-19(22)7-3-8-20(21)29-25(35)28-15-9-11-16(12-10-15)36(33,34)30-24-26-13-4-14-27-24/h1-14H,(H,26,27,30)(H2,28,29,35). The number of nitrogens with zero attached hydrogens (tertiary/aromatic N) is 2. The second kappa shape index (κ2) is 9.29. The summed E-state index contributed by atoms with van der Waals surface area (Å²) in [4.78, 5) is 33.8. The van der Waals surface area contributed by atoms with E-state index in [2.05, 4.69) is 25.3 Å². The molecule has 1 aliphatic carbocycles. The number of benzene rings is 3. The van der Waals surface area contributed by atoms with Crippen molar-refractivity contribution in [3.8, 4) is 0 Å². The summed E-state index contributed by atoms with van der Waals surface area (Å²) in [6, 6.07) is 19.1. The van der Waals surface area contributed by atoms with Gasteiger partial charge >= 0.3 is 0 Å². The summed E-state index contributed by atoms with van der Waals surface area (Å²) in [7, 11) is -3.87. The summed E-state index contributed by atoms with van der Waals surface area (Å²) in [5.74, 6) is -0.531. The summed E-state index contributed by atoms with van der Waals surface area (Å²) in [5, 5.41) is 6.09. The van der Waals surface area contributed by atoms with Crippen molar-refractivity contribution in [1.82, 2.24) is 9.97 Å². The van der Waals surface area contributed by atoms with Crippen molar-refractivity contribution in [2.75, 3.05) is 15.4 Å². The van der Waals surface area contributed by atoms with Crippen LogP contribution in [0.4, 0.5) is 17.3 Å². The fraction of sp³-hybridized carbons (Fsp3) is 0. The van der Waals surface area contributed by atoms with Gasteiger partial charge in [-0.2, -0.15) is 0 Å². The van der Waals surface area contributed by atoms with Gasteiger partial charge in [0.15, 0.2) is 16.7 Å². The van der Waals surface area contributed by atoms with Gasteiger partial charge in [0.2, 0.25) is 5.95 Å². The zero-order valence-corrected chi connectivity index (χ0v) is 20.1. The first-order chi connectivity index (χ1) is 17.3. The van der Waals surface area contributed by atoms with Gasteiger partial charge in [-0.25, -0.2) is 23.1 Å². The summed E-state index contributed by atoms with van der Waals surface area (Å²) < 4.78 is 27.4. The molecule has 0 unspecified atom stereocenters. The third kappa shape index (κ3) is 4.44. The van der Waals surface area contributed by atoms with Crippen LogP contribution in [-0.2, 0) is 10.0 Å². The highest BCUT2D eigenvalue weighted by Gasteiger charge is 2.31. The molecule has 4 aromatic rings. The van der Waals surface area contributed by atoms with Gasteiger partial charge < -0.3 is 10.6 Å². The normalized spacial score (nSPS) is 12.3. The second-order valence-corrected chi connectivity index (χ2v) is 9.80. The first-order valence-corrected chi connectivity index (χ1v) is 12.5. The van der Waals surface area contributed by atoms with E-state index in [-0.39, 0.29) is 33.1 Å². The van der Waals surface area contributed by atoms with Crippen LogP contribution in [0.5, 0.6) is 0 Å². The van der Waals surface area contributed by atoms with Gasteiger partial charge in [0.1, 0.15) is 0 Å². The Morgan fingerprint density at radius 2 is 1.36 bits per heavy atom. The van der Waals surface area contributed by atoms with Crippen LogP contribution >= 0.6 is 12.2 Å². The van der Waals surface area contributed by atoms with Crippen molar-refractivity contribution in [1.29, 1.82) is 0 Å². The Morgan fingerprint density at radius 1 is 0.722 bits per heavy atom. The third-order valence-electron chi connectivity index (χ3n) is 5.41. The molecule has 0 fully saturated rings. The maximum Gasteiger partial charge on any atom is 0.264 e. The Kier molecular flexibility index (Phi) is 6.00. The number of aromatic nitrogens is 2. The fourth-order valence-corrected chi connectivity index (χ4v) is 4.97. The van der Waals surface area contributed by atoms with Crippen LogP contribution in [0.15, 0.2) is 90.1 Å². The van der Waals surface area contributed by atoms with Crippen molar-refractivity contribution < 1.29 is 18.0 Å². The van der Waals surface area contributed by atoms with E-state index in [0.29, 0.717) is 28.1 Å². The molecule has 0 saturated heterocycles. The van der Waals surface area contributed by atoms with Crippen molar-refractivity contribution in [2.45, 2.75) is 4.90 Å². The minimum Gasteiger partial charge on any atom is -0.332 e. The minimum absolute atomic E-state index is 0.0132. The van der Waals surface area contributed by atoms with Crippen molar-refractivity contribution in [3.63, 3.8) is 0 Å².